The van der Waals surface area contributed by atoms with E-state index in [2.05, 4.69) is 5.32 Å². The number of morpholine rings is 1. The molecule has 2 aromatic carbocycles. The van der Waals surface area contributed by atoms with Crippen molar-refractivity contribution in [1.29, 1.82) is 0 Å². The minimum atomic E-state index is -3.59. The fourth-order valence-corrected chi connectivity index (χ4v) is 4.24. The molecule has 1 N–H and O–H groups in total. The Morgan fingerprint density at radius 1 is 1.07 bits per heavy atom. The van der Waals surface area contributed by atoms with Gasteiger partial charge in [-0.25, -0.2) is 12.8 Å². The summed E-state index contributed by atoms with van der Waals surface area (Å²) in [6.07, 6.45) is 0. The highest BCUT2D eigenvalue weighted by Crippen LogP contribution is 2.19. The molecule has 6 nitrogen and oxygen atoms in total. The second-order valence-electron chi connectivity index (χ2n) is 6.29. The van der Waals surface area contributed by atoms with Crippen LogP contribution in [0.15, 0.2) is 53.4 Å². The molecule has 1 atom stereocenters. The van der Waals surface area contributed by atoms with E-state index in [1.54, 1.807) is 19.1 Å². The first-order valence-electron chi connectivity index (χ1n) is 8.62. The quantitative estimate of drug-likeness (QED) is 0.848. The normalized spacial score (nSPS) is 16.7. The number of carbonyl (C=O) groups is 1. The Hall–Kier alpha value is -2.29. The first-order chi connectivity index (χ1) is 12.9. The number of ether oxygens (including phenoxy) is 1. The van der Waals surface area contributed by atoms with Crippen LogP contribution in [0.2, 0.25) is 0 Å². The third-order valence-electron chi connectivity index (χ3n) is 4.44. The molecule has 3 rings (SSSR count). The molecular formula is C19H21FN2O4S. The highest BCUT2D eigenvalue weighted by Gasteiger charge is 2.26. The number of hydrogen-bond donors (Lipinski definition) is 1. The summed E-state index contributed by atoms with van der Waals surface area (Å²) in [7, 11) is -3.59. The number of rotatable bonds is 5. The van der Waals surface area contributed by atoms with Crippen molar-refractivity contribution in [3.63, 3.8) is 0 Å². The molecule has 8 heteroatoms. The van der Waals surface area contributed by atoms with Gasteiger partial charge in [-0.15, -0.1) is 0 Å². The predicted octanol–water partition coefficient (Wildman–Crippen LogP) is 2.34. The maximum absolute atomic E-state index is 13.0. The van der Waals surface area contributed by atoms with Gasteiger partial charge in [0.05, 0.1) is 24.2 Å². The predicted molar refractivity (Wildman–Crippen MR) is 98.3 cm³/mol. The summed E-state index contributed by atoms with van der Waals surface area (Å²) >= 11 is 0. The zero-order valence-corrected chi connectivity index (χ0v) is 15.7. The number of hydrogen-bond acceptors (Lipinski definition) is 4. The molecule has 1 heterocycles. The lowest BCUT2D eigenvalue weighted by Crippen LogP contribution is -2.40. The topological polar surface area (TPSA) is 75.7 Å². The largest absolute Gasteiger partial charge is 0.379 e. The van der Waals surface area contributed by atoms with E-state index in [4.69, 9.17) is 4.74 Å². The van der Waals surface area contributed by atoms with Crippen molar-refractivity contribution in [3.8, 4) is 0 Å². The Labute approximate surface area is 158 Å². The van der Waals surface area contributed by atoms with Gasteiger partial charge in [0, 0.05) is 18.7 Å². The van der Waals surface area contributed by atoms with Gasteiger partial charge in [0.15, 0.2) is 0 Å². The van der Waals surface area contributed by atoms with Gasteiger partial charge in [0.2, 0.25) is 10.0 Å². The van der Waals surface area contributed by atoms with Crippen LogP contribution in [0.25, 0.3) is 0 Å². The van der Waals surface area contributed by atoms with E-state index in [0.717, 1.165) is 5.56 Å². The molecule has 1 aliphatic rings. The van der Waals surface area contributed by atoms with Gasteiger partial charge in [-0.05, 0) is 48.9 Å². The standard InChI is InChI=1S/C19H21FN2O4S/c1-14(15-2-6-17(20)7-3-15)21-19(23)16-4-8-18(9-5-16)27(24,25)22-10-12-26-13-11-22/h2-9,14H,10-13H2,1H3,(H,21,23). The average molecular weight is 392 g/mol. The number of nitrogens with zero attached hydrogens (tertiary/aromatic N) is 1. The Kier molecular flexibility index (Phi) is 5.88. The minimum Gasteiger partial charge on any atom is -0.379 e. The fourth-order valence-electron chi connectivity index (χ4n) is 2.83. The van der Waals surface area contributed by atoms with Gasteiger partial charge in [-0.3, -0.25) is 4.79 Å². The van der Waals surface area contributed by atoms with Crippen LogP contribution in [0.3, 0.4) is 0 Å². The number of nitrogens with one attached hydrogen (secondary N) is 1. The van der Waals surface area contributed by atoms with E-state index < -0.39 is 10.0 Å². The Bertz CT molecular complexity index is 892. The van der Waals surface area contributed by atoms with Crippen LogP contribution in [-0.4, -0.2) is 44.9 Å². The van der Waals surface area contributed by atoms with Gasteiger partial charge in [0.1, 0.15) is 5.82 Å². The molecule has 1 aliphatic heterocycles. The van der Waals surface area contributed by atoms with Crippen molar-refractivity contribution < 1.29 is 22.3 Å². The van der Waals surface area contributed by atoms with Gasteiger partial charge < -0.3 is 10.1 Å². The monoisotopic (exact) mass is 392 g/mol. The van der Waals surface area contributed by atoms with Crippen LogP contribution in [0, 0.1) is 5.82 Å². The summed E-state index contributed by atoms with van der Waals surface area (Å²) < 4.78 is 44.8. The molecule has 1 saturated heterocycles. The van der Waals surface area contributed by atoms with E-state index in [1.165, 1.54) is 40.7 Å². The first-order valence-corrected chi connectivity index (χ1v) is 10.1. The number of carbonyl (C=O) groups excluding carboxylic acids is 1. The molecule has 2 aromatic rings. The number of benzene rings is 2. The number of amides is 1. The Balaban J connectivity index is 1.69. The maximum Gasteiger partial charge on any atom is 0.251 e. The third-order valence-corrected chi connectivity index (χ3v) is 6.35. The van der Waals surface area contributed by atoms with Gasteiger partial charge in [0.25, 0.3) is 5.91 Å². The van der Waals surface area contributed by atoms with Crippen LogP contribution in [0.4, 0.5) is 4.39 Å². The second kappa shape index (κ2) is 8.16. The lowest BCUT2D eigenvalue weighted by atomic mass is 10.1. The zero-order valence-electron chi connectivity index (χ0n) is 14.9. The molecular weight excluding hydrogens is 371 g/mol. The fraction of sp³-hybridized carbons (Fsp3) is 0.316. The van der Waals surface area contributed by atoms with E-state index in [0.29, 0.717) is 31.9 Å². The third kappa shape index (κ3) is 4.52. The van der Waals surface area contributed by atoms with Gasteiger partial charge >= 0.3 is 0 Å². The zero-order chi connectivity index (χ0) is 19.4. The average Bonchev–Trinajstić information content (AvgIpc) is 2.69. The Morgan fingerprint density at radius 2 is 1.67 bits per heavy atom. The summed E-state index contributed by atoms with van der Waals surface area (Å²) in [5.74, 6) is -0.670. The lowest BCUT2D eigenvalue weighted by Gasteiger charge is -2.26. The molecule has 144 valence electrons. The molecule has 1 unspecified atom stereocenters. The van der Waals surface area contributed by atoms with Crippen molar-refractivity contribution >= 4 is 15.9 Å². The first kappa shape index (κ1) is 19.5. The Morgan fingerprint density at radius 3 is 2.26 bits per heavy atom. The molecule has 27 heavy (non-hydrogen) atoms. The maximum atomic E-state index is 13.0. The molecule has 0 aliphatic carbocycles. The summed E-state index contributed by atoms with van der Waals surface area (Å²) in [6.45, 7) is 3.18. The molecule has 1 fully saturated rings. The van der Waals surface area contributed by atoms with Crippen LogP contribution in [0.1, 0.15) is 28.9 Å². The smallest absolute Gasteiger partial charge is 0.251 e. The van der Waals surface area contributed by atoms with Crippen LogP contribution < -0.4 is 5.32 Å². The van der Waals surface area contributed by atoms with Crippen LogP contribution in [-0.2, 0) is 14.8 Å². The van der Waals surface area contributed by atoms with Crippen molar-refractivity contribution in [2.45, 2.75) is 17.9 Å². The van der Waals surface area contributed by atoms with Crippen molar-refractivity contribution in [2.75, 3.05) is 26.3 Å². The van der Waals surface area contributed by atoms with E-state index in [-0.39, 0.29) is 22.7 Å². The highest BCUT2D eigenvalue weighted by atomic mass is 32.2. The van der Waals surface area contributed by atoms with Crippen LogP contribution >= 0.6 is 0 Å². The van der Waals surface area contributed by atoms with Crippen molar-refractivity contribution in [3.05, 3.63) is 65.5 Å². The highest BCUT2D eigenvalue weighted by molar-refractivity contribution is 7.89. The molecule has 0 bridgehead atoms. The van der Waals surface area contributed by atoms with Crippen molar-refractivity contribution in [1.82, 2.24) is 9.62 Å². The van der Waals surface area contributed by atoms with E-state index in [1.807, 2.05) is 0 Å². The number of sulfonamides is 1. The second-order valence-corrected chi connectivity index (χ2v) is 8.23. The summed E-state index contributed by atoms with van der Waals surface area (Å²) in [5.41, 5.74) is 1.13. The summed E-state index contributed by atoms with van der Waals surface area (Å²) in [4.78, 5) is 12.5. The molecule has 0 spiro atoms. The van der Waals surface area contributed by atoms with E-state index in [9.17, 15) is 17.6 Å². The molecule has 1 amide bonds. The SMILES string of the molecule is CC(NC(=O)c1ccc(S(=O)(=O)N2CCOCC2)cc1)c1ccc(F)cc1. The van der Waals surface area contributed by atoms with Gasteiger partial charge in [-0.1, -0.05) is 12.1 Å². The van der Waals surface area contributed by atoms with Gasteiger partial charge in [-0.2, -0.15) is 4.31 Å². The number of halogens is 1. The summed E-state index contributed by atoms with van der Waals surface area (Å²) in [6, 6.07) is 11.4. The molecule has 0 saturated carbocycles. The molecule has 0 aromatic heterocycles. The van der Waals surface area contributed by atoms with Crippen molar-refractivity contribution in [2.24, 2.45) is 0 Å². The minimum absolute atomic E-state index is 0.146. The summed E-state index contributed by atoms with van der Waals surface area (Å²) in [5, 5.41) is 2.82. The molecule has 0 radical (unpaired) electrons. The lowest BCUT2D eigenvalue weighted by molar-refractivity contribution is 0.0730. The van der Waals surface area contributed by atoms with E-state index >= 15 is 0 Å². The van der Waals surface area contributed by atoms with Crippen LogP contribution in [0.5, 0.6) is 0 Å².